The van der Waals surface area contributed by atoms with Gasteiger partial charge < -0.3 is 9.73 Å². The van der Waals surface area contributed by atoms with Gasteiger partial charge in [0.05, 0.1) is 17.2 Å². The highest BCUT2D eigenvalue weighted by atomic mass is 79.9. The van der Waals surface area contributed by atoms with E-state index in [1.165, 1.54) is 6.33 Å². The highest BCUT2D eigenvalue weighted by molar-refractivity contribution is 9.10. The number of oxazole rings is 1. The average molecular weight is 283 g/mol. The van der Waals surface area contributed by atoms with Crippen molar-refractivity contribution in [3.8, 4) is 0 Å². The predicted molar refractivity (Wildman–Crippen MR) is 62.9 cm³/mol. The predicted octanol–water partition coefficient (Wildman–Crippen LogP) is 2.40. The molecular weight excluding hydrogens is 272 g/mol. The van der Waals surface area contributed by atoms with Crippen LogP contribution in [0.5, 0.6) is 0 Å². The molecule has 84 valence electrons. The Kier molecular flexibility index (Phi) is 3.51. The molecule has 16 heavy (non-hydrogen) atoms. The van der Waals surface area contributed by atoms with E-state index < -0.39 is 0 Å². The summed E-state index contributed by atoms with van der Waals surface area (Å²) in [5, 5.41) is 3.11. The van der Waals surface area contributed by atoms with Crippen molar-refractivity contribution in [2.24, 2.45) is 0 Å². The van der Waals surface area contributed by atoms with E-state index in [0.717, 1.165) is 22.5 Å². The van der Waals surface area contributed by atoms with Crippen molar-refractivity contribution in [2.75, 3.05) is 5.32 Å². The number of aryl methyl sites for hydroxylation is 1. The molecule has 0 saturated heterocycles. The van der Waals surface area contributed by atoms with E-state index >= 15 is 0 Å². The zero-order chi connectivity index (χ0) is 11.4. The summed E-state index contributed by atoms with van der Waals surface area (Å²) in [5.41, 5.74) is 0. The van der Waals surface area contributed by atoms with Crippen LogP contribution < -0.4 is 5.32 Å². The van der Waals surface area contributed by atoms with Gasteiger partial charge in [-0.3, -0.25) is 0 Å². The molecule has 0 aliphatic carbocycles. The third-order valence-corrected chi connectivity index (χ3v) is 2.60. The van der Waals surface area contributed by atoms with Crippen molar-refractivity contribution in [3.05, 3.63) is 34.8 Å². The lowest BCUT2D eigenvalue weighted by atomic mass is 10.4. The molecule has 5 nitrogen and oxygen atoms in total. The fraction of sp³-hybridized carbons (Fsp3) is 0.300. The molecule has 0 amide bonds. The number of nitrogens with one attached hydrogen (secondary N) is 1. The minimum Gasteiger partial charge on any atom is -0.444 e. The molecule has 0 spiro atoms. The Balaban J connectivity index is 1.99. The second-order valence-corrected chi connectivity index (χ2v) is 4.00. The third-order valence-electron chi connectivity index (χ3n) is 2.02. The quantitative estimate of drug-likeness (QED) is 0.933. The Morgan fingerprint density at radius 2 is 2.25 bits per heavy atom. The Morgan fingerprint density at radius 3 is 2.94 bits per heavy atom. The van der Waals surface area contributed by atoms with Gasteiger partial charge in [0.25, 0.3) is 0 Å². The number of anilines is 1. The van der Waals surface area contributed by atoms with Crippen LogP contribution in [0.4, 0.5) is 5.82 Å². The Morgan fingerprint density at radius 1 is 1.38 bits per heavy atom. The summed E-state index contributed by atoms with van der Waals surface area (Å²) in [5.74, 6) is 2.27. The molecule has 6 heteroatoms. The molecule has 0 unspecified atom stereocenters. The summed E-state index contributed by atoms with van der Waals surface area (Å²) in [6.45, 7) is 2.54. The fourth-order valence-corrected chi connectivity index (χ4v) is 1.56. The van der Waals surface area contributed by atoms with Crippen LogP contribution in [-0.4, -0.2) is 15.0 Å². The molecule has 0 bridgehead atoms. The molecule has 2 heterocycles. The van der Waals surface area contributed by atoms with Crippen LogP contribution in [0.2, 0.25) is 0 Å². The maximum atomic E-state index is 5.46. The van der Waals surface area contributed by atoms with Crippen LogP contribution >= 0.6 is 15.9 Å². The maximum absolute atomic E-state index is 5.46. The second-order valence-electron chi connectivity index (χ2n) is 3.15. The van der Waals surface area contributed by atoms with Crippen molar-refractivity contribution in [3.63, 3.8) is 0 Å². The zero-order valence-corrected chi connectivity index (χ0v) is 10.4. The van der Waals surface area contributed by atoms with Crippen molar-refractivity contribution in [1.82, 2.24) is 15.0 Å². The number of rotatable bonds is 4. The van der Waals surface area contributed by atoms with Crippen LogP contribution in [0, 0.1) is 0 Å². The van der Waals surface area contributed by atoms with Gasteiger partial charge in [-0.1, -0.05) is 6.92 Å². The standard InChI is InChI=1S/C10H11BrN4O/c1-2-7-3-13-9(16-7)5-14-10-8(11)4-12-6-15-10/h3-4,6H,2,5H2,1H3,(H,12,14,15). The van der Waals surface area contributed by atoms with Gasteiger partial charge >= 0.3 is 0 Å². The van der Waals surface area contributed by atoms with E-state index in [2.05, 4.69) is 36.2 Å². The van der Waals surface area contributed by atoms with Crippen LogP contribution in [0.25, 0.3) is 0 Å². The first-order valence-corrected chi connectivity index (χ1v) is 5.72. The lowest BCUT2D eigenvalue weighted by Crippen LogP contribution is -2.02. The molecule has 2 rings (SSSR count). The first kappa shape index (κ1) is 11.1. The minimum atomic E-state index is 0.510. The summed E-state index contributed by atoms with van der Waals surface area (Å²) in [6, 6.07) is 0. The molecular formula is C10H11BrN4O. The van der Waals surface area contributed by atoms with Gasteiger partial charge in [0.15, 0.2) is 0 Å². The van der Waals surface area contributed by atoms with Gasteiger partial charge in [0.1, 0.15) is 17.9 Å². The van der Waals surface area contributed by atoms with Crippen molar-refractivity contribution < 1.29 is 4.42 Å². The molecule has 2 aromatic rings. The molecule has 0 atom stereocenters. The van der Waals surface area contributed by atoms with Gasteiger partial charge in [0.2, 0.25) is 5.89 Å². The Bertz CT molecular complexity index is 471. The molecule has 0 saturated carbocycles. The summed E-state index contributed by atoms with van der Waals surface area (Å²) < 4.78 is 6.28. The number of nitrogens with zero attached hydrogens (tertiary/aromatic N) is 3. The molecule has 2 aromatic heterocycles. The number of hydrogen-bond acceptors (Lipinski definition) is 5. The lowest BCUT2D eigenvalue weighted by Gasteiger charge is -2.03. The SMILES string of the molecule is CCc1cnc(CNc2ncncc2Br)o1. The van der Waals surface area contributed by atoms with Crippen molar-refractivity contribution >= 4 is 21.7 Å². The van der Waals surface area contributed by atoms with E-state index in [1.807, 2.05) is 6.92 Å². The second kappa shape index (κ2) is 5.07. The molecule has 0 radical (unpaired) electrons. The number of aromatic nitrogens is 3. The Hall–Kier alpha value is -1.43. The first-order valence-electron chi connectivity index (χ1n) is 4.92. The molecule has 0 aromatic carbocycles. The largest absolute Gasteiger partial charge is 0.444 e. The van der Waals surface area contributed by atoms with Gasteiger partial charge in [-0.15, -0.1) is 0 Å². The third kappa shape index (κ3) is 2.57. The molecule has 0 fully saturated rings. The van der Waals surface area contributed by atoms with Crippen LogP contribution in [0.3, 0.4) is 0 Å². The monoisotopic (exact) mass is 282 g/mol. The maximum Gasteiger partial charge on any atom is 0.213 e. The van der Waals surface area contributed by atoms with E-state index in [4.69, 9.17) is 4.42 Å². The van der Waals surface area contributed by atoms with E-state index in [0.29, 0.717) is 12.4 Å². The summed E-state index contributed by atoms with van der Waals surface area (Å²) in [4.78, 5) is 12.1. The van der Waals surface area contributed by atoms with Crippen molar-refractivity contribution in [1.29, 1.82) is 0 Å². The van der Waals surface area contributed by atoms with Gasteiger partial charge in [-0.25, -0.2) is 15.0 Å². The van der Waals surface area contributed by atoms with Gasteiger partial charge in [-0.2, -0.15) is 0 Å². The lowest BCUT2D eigenvalue weighted by molar-refractivity contribution is 0.465. The van der Waals surface area contributed by atoms with E-state index in [1.54, 1.807) is 12.4 Å². The molecule has 0 aliphatic rings. The summed E-state index contributed by atoms with van der Waals surface area (Å²) in [6.07, 6.45) is 5.76. The molecule has 0 aliphatic heterocycles. The van der Waals surface area contributed by atoms with Crippen LogP contribution in [0.1, 0.15) is 18.6 Å². The van der Waals surface area contributed by atoms with E-state index in [-0.39, 0.29) is 0 Å². The fourth-order valence-electron chi connectivity index (χ4n) is 1.20. The van der Waals surface area contributed by atoms with E-state index in [9.17, 15) is 0 Å². The normalized spacial score (nSPS) is 10.4. The summed E-state index contributed by atoms with van der Waals surface area (Å²) >= 11 is 3.35. The van der Waals surface area contributed by atoms with Crippen LogP contribution in [0.15, 0.2) is 27.6 Å². The van der Waals surface area contributed by atoms with Gasteiger partial charge in [-0.05, 0) is 15.9 Å². The van der Waals surface area contributed by atoms with Crippen LogP contribution in [-0.2, 0) is 13.0 Å². The topological polar surface area (TPSA) is 63.8 Å². The zero-order valence-electron chi connectivity index (χ0n) is 8.77. The summed E-state index contributed by atoms with van der Waals surface area (Å²) in [7, 11) is 0. The van der Waals surface area contributed by atoms with Crippen molar-refractivity contribution in [2.45, 2.75) is 19.9 Å². The number of hydrogen-bond donors (Lipinski definition) is 1. The Labute approximate surface area is 101 Å². The minimum absolute atomic E-state index is 0.510. The highest BCUT2D eigenvalue weighted by Gasteiger charge is 2.04. The van der Waals surface area contributed by atoms with Gasteiger partial charge in [0, 0.05) is 12.6 Å². The average Bonchev–Trinajstić information content (AvgIpc) is 2.76. The first-order chi connectivity index (χ1) is 7.79. The molecule has 1 N–H and O–H groups in total. The number of halogens is 1. The smallest absolute Gasteiger partial charge is 0.213 e. The highest BCUT2D eigenvalue weighted by Crippen LogP contribution is 2.17.